The highest BCUT2D eigenvalue weighted by Crippen LogP contribution is 2.04. The molecule has 62 valence electrons. The molecular weight excluding hydrogens is 170 g/mol. The highest BCUT2D eigenvalue weighted by molar-refractivity contribution is 7.97. The van der Waals surface area contributed by atoms with Gasteiger partial charge in [0.2, 0.25) is 5.12 Å². The molecule has 0 aromatic heterocycles. The normalized spacial score (nSPS) is 10.1. The van der Waals surface area contributed by atoms with Crippen LogP contribution in [0.4, 0.5) is 5.69 Å². The number of para-hydroxylation sites is 1. The first-order valence-electron chi connectivity index (χ1n) is 3.50. The van der Waals surface area contributed by atoms with E-state index in [0.29, 0.717) is 0 Å². The van der Waals surface area contributed by atoms with Gasteiger partial charge in [-0.15, -0.1) is 12.6 Å². The molecule has 0 spiro atoms. The van der Waals surface area contributed by atoms with E-state index >= 15 is 0 Å². The number of thiol groups is 1. The highest BCUT2D eigenvalue weighted by atomic mass is 32.1. The van der Waals surface area contributed by atoms with Gasteiger partial charge in [0.25, 0.3) is 0 Å². The van der Waals surface area contributed by atoms with Crippen molar-refractivity contribution in [3.8, 4) is 0 Å². The second kappa shape index (κ2) is 4.62. The summed E-state index contributed by atoms with van der Waals surface area (Å²) in [6.07, 6.45) is 2.92. The molecule has 0 aliphatic carbocycles. The average molecular weight is 179 g/mol. The van der Waals surface area contributed by atoms with Gasteiger partial charge in [-0.3, -0.25) is 4.79 Å². The largest absolute Gasteiger partial charge is 0.362 e. The Morgan fingerprint density at radius 3 is 2.58 bits per heavy atom. The van der Waals surface area contributed by atoms with Gasteiger partial charge in [0, 0.05) is 18.0 Å². The van der Waals surface area contributed by atoms with Gasteiger partial charge in [-0.05, 0) is 12.1 Å². The van der Waals surface area contributed by atoms with E-state index in [-0.39, 0.29) is 5.12 Å². The van der Waals surface area contributed by atoms with E-state index < -0.39 is 0 Å². The van der Waals surface area contributed by atoms with Crippen molar-refractivity contribution < 1.29 is 4.79 Å². The minimum atomic E-state index is -0.265. The lowest BCUT2D eigenvalue weighted by molar-refractivity contribution is -0.106. The van der Waals surface area contributed by atoms with Gasteiger partial charge in [0.05, 0.1) is 0 Å². The zero-order chi connectivity index (χ0) is 8.81. The fourth-order valence-corrected chi connectivity index (χ4v) is 0.818. The predicted molar refractivity (Wildman–Crippen MR) is 53.2 cm³/mol. The van der Waals surface area contributed by atoms with Crippen molar-refractivity contribution >= 4 is 23.4 Å². The molecule has 0 aliphatic rings. The molecule has 0 saturated heterocycles. The Kier molecular flexibility index (Phi) is 3.41. The molecule has 3 heteroatoms. The number of anilines is 1. The van der Waals surface area contributed by atoms with Gasteiger partial charge >= 0.3 is 0 Å². The van der Waals surface area contributed by atoms with Crippen LogP contribution in [0, 0.1) is 0 Å². The average Bonchev–Trinajstić information content (AvgIpc) is 2.05. The standard InChI is InChI=1S/C9H9NOS/c11-9(12)6-7-10-8-4-2-1-3-5-8/h1-7,10H,(H,11,12). The summed E-state index contributed by atoms with van der Waals surface area (Å²) < 4.78 is 0. The molecular formula is C9H9NOS. The van der Waals surface area contributed by atoms with Crippen LogP contribution in [0.15, 0.2) is 42.6 Å². The van der Waals surface area contributed by atoms with Crippen molar-refractivity contribution in [2.75, 3.05) is 5.32 Å². The Bertz CT molecular complexity index is 282. The summed E-state index contributed by atoms with van der Waals surface area (Å²) in [7, 11) is 0. The molecule has 0 amide bonds. The molecule has 0 saturated carbocycles. The van der Waals surface area contributed by atoms with Gasteiger partial charge in [0.1, 0.15) is 0 Å². The third-order valence-electron chi connectivity index (χ3n) is 1.25. The van der Waals surface area contributed by atoms with Gasteiger partial charge in [0.15, 0.2) is 0 Å². The molecule has 0 fully saturated rings. The van der Waals surface area contributed by atoms with Crippen LogP contribution >= 0.6 is 12.6 Å². The minimum absolute atomic E-state index is 0.265. The van der Waals surface area contributed by atoms with Gasteiger partial charge in [-0.25, -0.2) is 0 Å². The van der Waals surface area contributed by atoms with Gasteiger partial charge < -0.3 is 5.32 Å². The lowest BCUT2D eigenvalue weighted by Crippen LogP contribution is -1.87. The van der Waals surface area contributed by atoms with Crippen molar-refractivity contribution in [1.29, 1.82) is 0 Å². The molecule has 1 aromatic carbocycles. The van der Waals surface area contributed by atoms with E-state index in [2.05, 4.69) is 17.9 Å². The third-order valence-corrected chi connectivity index (χ3v) is 1.40. The van der Waals surface area contributed by atoms with Crippen LogP contribution in [0.1, 0.15) is 0 Å². The number of benzene rings is 1. The number of hydrogen-bond donors (Lipinski definition) is 2. The topological polar surface area (TPSA) is 29.1 Å². The molecule has 12 heavy (non-hydrogen) atoms. The second-order valence-electron chi connectivity index (χ2n) is 2.18. The van der Waals surface area contributed by atoms with Crippen LogP contribution < -0.4 is 5.32 Å². The summed E-state index contributed by atoms with van der Waals surface area (Å²) in [5, 5.41) is 2.66. The second-order valence-corrected chi connectivity index (χ2v) is 2.62. The van der Waals surface area contributed by atoms with Crippen LogP contribution in [0.3, 0.4) is 0 Å². The number of carbonyl (C=O) groups is 1. The van der Waals surface area contributed by atoms with Crippen molar-refractivity contribution in [3.05, 3.63) is 42.6 Å². The molecule has 1 aromatic rings. The maximum Gasteiger partial charge on any atom is 0.210 e. The zero-order valence-electron chi connectivity index (χ0n) is 6.40. The maximum atomic E-state index is 10.4. The monoisotopic (exact) mass is 179 g/mol. The SMILES string of the molecule is O=C(S)C=CNc1ccccc1. The Labute approximate surface area is 76.7 Å². The molecule has 0 radical (unpaired) electrons. The third kappa shape index (κ3) is 3.25. The van der Waals surface area contributed by atoms with Crippen molar-refractivity contribution in [2.45, 2.75) is 0 Å². The van der Waals surface area contributed by atoms with Gasteiger partial charge in [-0.1, -0.05) is 18.2 Å². The Hall–Kier alpha value is -1.22. The van der Waals surface area contributed by atoms with Crippen LogP contribution in [-0.2, 0) is 4.79 Å². The summed E-state index contributed by atoms with van der Waals surface area (Å²) in [5.74, 6) is 0. The fraction of sp³-hybridized carbons (Fsp3) is 0. The molecule has 1 N–H and O–H groups in total. The van der Waals surface area contributed by atoms with Gasteiger partial charge in [-0.2, -0.15) is 0 Å². The van der Waals surface area contributed by atoms with Crippen LogP contribution in [0.25, 0.3) is 0 Å². The van der Waals surface area contributed by atoms with Crippen LogP contribution in [0.2, 0.25) is 0 Å². The minimum Gasteiger partial charge on any atom is -0.362 e. The summed E-state index contributed by atoms with van der Waals surface area (Å²) in [6, 6.07) is 9.58. The van der Waals surface area contributed by atoms with E-state index in [1.54, 1.807) is 6.20 Å². The van der Waals surface area contributed by atoms with E-state index in [9.17, 15) is 4.79 Å². The lowest BCUT2D eigenvalue weighted by Gasteiger charge is -1.97. The molecule has 1 rings (SSSR count). The lowest BCUT2D eigenvalue weighted by atomic mass is 10.3. The molecule has 2 nitrogen and oxygen atoms in total. The van der Waals surface area contributed by atoms with E-state index in [1.165, 1.54) is 6.08 Å². The highest BCUT2D eigenvalue weighted by Gasteiger charge is 1.84. The van der Waals surface area contributed by atoms with E-state index in [4.69, 9.17) is 0 Å². The van der Waals surface area contributed by atoms with Crippen molar-refractivity contribution in [2.24, 2.45) is 0 Å². The molecule has 0 unspecified atom stereocenters. The van der Waals surface area contributed by atoms with Crippen molar-refractivity contribution in [1.82, 2.24) is 0 Å². The molecule has 0 atom stereocenters. The van der Waals surface area contributed by atoms with Crippen LogP contribution in [-0.4, -0.2) is 5.12 Å². The van der Waals surface area contributed by atoms with Crippen LogP contribution in [0.5, 0.6) is 0 Å². The molecule has 0 bridgehead atoms. The number of nitrogens with one attached hydrogen (secondary N) is 1. The number of carbonyl (C=O) groups excluding carboxylic acids is 1. The van der Waals surface area contributed by atoms with E-state index in [1.807, 2.05) is 30.3 Å². The maximum absolute atomic E-state index is 10.4. The zero-order valence-corrected chi connectivity index (χ0v) is 7.29. The summed E-state index contributed by atoms with van der Waals surface area (Å²) in [6.45, 7) is 0. The molecule has 0 aliphatic heterocycles. The smallest absolute Gasteiger partial charge is 0.210 e. The number of hydrogen-bond acceptors (Lipinski definition) is 2. The predicted octanol–water partition coefficient (Wildman–Crippen LogP) is 2.07. The quantitative estimate of drug-likeness (QED) is 0.549. The Balaban J connectivity index is 2.49. The first-order chi connectivity index (χ1) is 5.79. The summed E-state index contributed by atoms with van der Waals surface area (Å²) in [4.78, 5) is 10.4. The fourth-order valence-electron chi connectivity index (χ4n) is 0.744. The Morgan fingerprint density at radius 1 is 1.33 bits per heavy atom. The summed E-state index contributed by atoms with van der Waals surface area (Å²) in [5.41, 5.74) is 0.948. The Morgan fingerprint density at radius 2 is 2.00 bits per heavy atom. The first-order valence-corrected chi connectivity index (χ1v) is 3.95. The van der Waals surface area contributed by atoms with E-state index in [0.717, 1.165) is 5.69 Å². The number of rotatable bonds is 3. The molecule has 0 heterocycles. The van der Waals surface area contributed by atoms with Crippen molar-refractivity contribution in [3.63, 3.8) is 0 Å². The summed E-state index contributed by atoms with van der Waals surface area (Å²) >= 11 is 3.58. The first kappa shape index (κ1) is 8.87.